The van der Waals surface area contributed by atoms with Crippen LogP contribution in [0.4, 0.5) is 0 Å². The highest BCUT2D eigenvalue weighted by atomic mass is 32.2. The highest BCUT2D eigenvalue weighted by molar-refractivity contribution is 8.12. The first-order chi connectivity index (χ1) is 7.04. The van der Waals surface area contributed by atoms with Gasteiger partial charge in [0.25, 0.3) is 0 Å². The normalized spacial score (nSPS) is 28.5. The van der Waals surface area contributed by atoms with Gasteiger partial charge in [-0.1, -0.05) is 45.9 Å². The monoisotopic (exact) mass is 223 g/mol. The molecule has 84 valence electrons. The molecule has 1 atom stereocenters. The molecule has 0 fully saturated rings. The van der Waals surface area contributed by atoms with Gasteiger partial charge in [-0.2, -0.15) is 0 Å². The SMILES string of the molecule is CCC1/C=C\C(C(C)(C)C)=C/CN=CS1. The molecule has 1 nitrogen and oxygen atoms in total. The lowest BCUT2D eigenvalue weighted by molar-refractivity contribution is 0.515. The summed E-state index contributed by atoms with van der Waals surface area (Å²) in [6, 6.07) is 0. The molecule has 1 aliphatic heterocycles. The lowest BCUT2D eigenvalue weighted by Crippen LogP contribution is -2.08. The molecule has 0 saturated heterocycles. The highest BCUT2D eigenvalue weighted by Gasteiger charge is 2.15. The predicted molar refractivity (Wildman–Crippen MR) is 71.7 cm³/mol. The van der Waals surface area contributed by atoms with E-state index in [4.69, 9.17) is 0 Å². The maximum Gasteiger partial charge on any atom is 0.0582 e. The Kier molecular flexibility index (Phi) is 4.65. The van der Waals surface area contributed by atoms with Crippen LogP contribution in [0.15, 0.2) is 28.8 Å². The Morgan fingerprint density at radius 2 is 2.20 bits per heavy atom. The van der Waals surface area contributed by atoms with Crippen LogP contribution in [0, 0.1) is 5.41 Å². The Bertz CT molecular complexity index is 281. The average Bonchev–Trinajstić information content (AvgIpc) is 2.27. The van der Waals surface area contributed by atoms with Crippen LogP contribution in [0.25, 0.3) is 0 Å². The van der Waals surface area contributed by atoms with E-state index in [1.807, 2.05) is 17.3 Å². The third kappa shape index (κ3) is 4.25. The fourth-order valence-corrected chi connectivity index (χ4v) is 2.12. The lowest BCUT2D eigenvalue weighted by atomic mass is 9.85. The largest absolute Gasteiger partial charge is 0.282 e. The first kappa shape index (κ1) is 12.6. The van der Waals surface area contributed by atoms with E-state index >= 15 is 0 Å². The van der Waals surface area contributed by atoms with Gasteiger partial charge in [0.1, 0.15) is 0 Å². The molecule has 1 unspecified atom stereocenters. The van der Waals surface area contributed by atoms with Crippen LogP contribution >= 0.6 is 11.8 Å². The second-order valence-electron chi connectivity index (χ2n) is 4.82. The number of rotatable bonds is 1. The number of hydrogen-bond donors (Lipinski definition) is 0. The second-order valence-corrected chi connectivity index (χ2v) is 5.91. The van der Waals surface area contributed by atoms with Gasteiger partial charge in [-0.3, -0.25) is 4.99 Å². The molecular formula is C13H21NS. The first-order valence-corrected chi connectivity index (χ1v) is 6.51. The number of thioether (sulfide) groups is 1. The minimum absolute atomic E-state index is 0.222. The van der Waals surface area contributed by atoms with Crippen molar-refractivity contribution in [3.8, 4) is 0 Å². The van der Waals surface area contributed by atoms with Crippen LogP contribution in [0.5, 0.6) is 0 Å². The molecule has 0 aliphatic carbocycles. The van der Waals surface area contributed by atoms with Crippen molar-refractivity contribution in [1.29, 1.82) is 0 Å². The molecule has 0 amide bonds. The van der Waals surface area contributed by atoms with Gasteiger partial charge in [0.05, 0.1) is 12.1 Å². The molecule has 0 aromatic heterocycles. The van der Waals surface area contributed by atoms with E-state index in [1.165, 1.54) is 5.57 Å². The lowest BCUT2D eigenvalue weighted by Gasteiger charge is -2.20. The Labute approximate surface area is 97.8 Å². The van der Waals surface area contributed by atoms with Crippen molar-refractivity contribution in [2.45, 2.75) is 39.4 Å². The van der Waals surface area contributed by atoms with E-state index in [-0.39, 0.29) is 5.41 Å². The van der Waals surface area contributed by atoms with Crippen LogP contribution in [-0.4, -0.2) is 17.3 Å². The van der Waals surface area contributed by atoms with Gasteiger partial charge >= 0.3 is 0 Å². The molecule has 2 heteroatoms. The van der Waals surface area contributed by atoms with E-state index in [0.29, 0.717) is 5.25 Å². The maximum atomic E-state index is 4.37. The summed E-state index contributed by atoms with van der Waals surface area (Å²) in [4.78, 5) is 4.37. The van der Waals surface area contributed by atoms with Gasteiger partial charge in [0.2, 0.25) is 0 Å². The molecule has 0 radical (unpaired) electrons. The quantitative estimate of drug-likeness (QED) is 0.653. The zero-order chi connectivity index (χ0) is 11.3. The van der Waals surface area contributed by atoms with Crippen molar-refractivity contribution < 1.29 is 0 Å². The van der Waals surface area contributed by atoms with E-state index in [2.05, 4.69) is 50.9 Å². The first-order valence-electron chi connectivity index (χ1n) is 5.56. The minimum Gasteiger partial charge on any atom is -0.282 e. The van der Waals surface area contributed by atoms with Crippen molar-refractivity contribution in [2.75, 3.05) is 6.54 Å². The molecule has 0 spiro atoms. The standard InChI is InChI=1S/C13H21NS/c1-5-12-7-6-11(13(2,3)4)8-9-14-10-15-12/h6-8,10,12H,5,9H2,1-4H3/b7-6-,11-8+,14-10?. The summed E-state index contributed by atoms with van der Waals surface area (Å²) in [5, 5.41) is 0.567. The number of hydrogen-bond acceptors (Lipinski definition) is 2. The summed E-state index contributed by atoms with van der Waals surface area (Å²) in [5.74, 6) is 0. The molecule has 1 aliphatic rings. The van der Waals surface area contributed by atoms with Gasteiger partial charge in [-0.25, -0.2) is 0 Å². The molecule has 0 saturated carbocycles. The van der Waals surface area contributed by atoms with Crippen molar-refractivity contribution in [2.24, 2.45) is 10.4 Å². The molecule has 0 N–H and O–H groups in total. The van der Waals surface area contributed by atoms with Gasteiger partial charge in [0, 0.05) is 5.25 Å². The Balaban J connectivity index is 2.87. The third-order valence-corrected chi connectivity index (χ3v) is 3.60. The Hall–Kier alpha value is -0.500. The fourth-order valence-electron chi connectivity index (χ4n) is 1.43. The van der Waals surface area contributed by atoms with Gasteiger partial charge < -0.3 is 0 Å². The van der Waals surface area contributed by atoms with E-state index in [0.717, 1.165) is 13.0 Å². The van der Waals surface area contributed by atoms with Crippen molar-refractivity contribution in [1.82, 2.24) is 0 Å². The summed E-state index contributed by atoms with van der Waals surface area (Å²) in [6.07, 6.45) is 7.96. The summed E-state index contributed by atoms with van der Waals surface area (Å²) in [5.41, 5.74) is 3.60. The van der Waals surface area contributed by atoms with Gasteiger partial charge in [-0.05, 0) is 17.4 Å². The summed E-state index contributed by atoms with van der Waals surface area (Å²) in [7, 11) is 0. The Morgan fingerprint density at radius 1 is 1.47 bits per heavy atom. The summed E-state index contributed by atoms with van der Waals surface area (Å²) in [6.45, 7) is 9.77. The fraction of sp³-hybridized carbons (Fsp3) is 0.615. The predicted octanol–water partition coefficient (Wildman–Crippen LogP) is 4.07. The topological polar surface area (TPSA) is 12.4 Å². The van der Waals surface area contributed by atoms with Crippen LogP contribution in [0.3, 0.4) is 0 Å². The van der Waals surface area contributed by atoms with E-state index in [9.17, 15) is 0 Å². The van der Waals surface area contributed by atoms with Crippen molar-refractivity contribution in [3.63, 3.8) is 0 Å². The highest BCUT2D eigenvalue weighted by Crippen LogP contribution is 2.27. The number of allylic oxidation sites excluding steroid dienone is 2. The van der Waals surface area contributed by atoms with Crippen LogP contribution < -0.4 is 0 Å². The third-order valence-electron chi connectivity index (χ3n) is 2.49. The summed E-state index contributed by atoms with van der Waals surface area (Å²) < 4.78 is 0. The van der Waals surface area contributed by atoms with Crippen LogP contribution in [0.2, 0.25) is 0 Å². The van der Waals surface area contributed by atoms with Crippen molar-refractivity contribution >= 4 is 17.3 Å². The molecular weight excluding hydrogens is 202 g/mol. The smallest absolute Gasteiger partial charge is 0.0582 e. The number of nitrogens with zero attached hydrogens (tertiary/aromatic N) is 1. The second kappa shape index (κ2) is 5.55. The molecule has 0 aromatic rings. The summed E-state index contributed by atoms with van der Waals surface area (Å²) >= 11 is 1.81. The van der Waals surface area contributed by atoms with Crippen molar-refractivity contribution in [3.05, 3.63) is 23.8 Å². The number of aliphatic imine (C=N–C) groups is 1. The minimum atomic E-state index is 0.222. The van der Waals surface area contributed by atoms with Gasteiger partial charge in [0.15, 0.2) is 0 Å². The molecule has 15 heavy (non-hydrogen) atoms. The Morgan fingerprint density at radius 3 is 2.80 bits per heavy atom. The molecule has 0 bridgehead atoms. The zero-order valence-corrected chi connectivity index (χ0v) is 11.0. The maximum absolute atomic E-state index is 4.37. The molecule has 1 rings (SSSR count). The molecule has 1 heterocycles. The van der Waals surface area contributed by atoms with E-state index in [1.54, 1.807) is 0 Å². The van der Waals surface area contributed by atoms with Gasteiger partial charge in [-0.15, -0.1) is 11.8 Å². The zero-order valence-electron chi connectivity index (χ0n) is 10.2. The van der Waals surface area contributed by atoms with Crippen LogP contribution in [-0.2, 0) is 0 Å². The van der Waals surface area contributed by atoms with E-state index < -0.39 is 0 Å². The van der Waals surface area contributed by atoms with Crippen LogP contribution in [0.1, 0.15) is 34.1 Å². The average molecular weight is 223 g/mol. The molecule has 0 aromatic carbocycles.